The second-order valence-electron chi connectivity index (χ2n) is 4.83. The van der Waals surface area contributed by atoms with Crippen LogP contribution < -0.4 is 10.5 Å². The van der Waals surface area contributed by atoms with Crippen LogP contribution in [0.2, 0.25) is 0 Å². The summed E-state index contributed by atoms with van der Waals surface area (Å²) in [4.78, 5) is 6.17. The number of halogens is 3. The van der Waals surface area contributed by atoms with E-state index in [1.54, 1.807) is 12.1 Å². The molecule has 22 heavy (non-hydrogen) atoms. The maximum Gasteiger partial charge on any atom is 0.422 e. The van der Waals surface area contributed by atoms with Crippen molar-refractivity contribution in [2.45, 2.75) is 12.7 Å². The van der Waals surface area contributed by atoms with Gasteiger partial charge in [0.05, 0.1) is 19.8 Å². The largest absolute Gasteiger partial charge is 0.484 e. The molecule has 0 spiro atoms. The van der Waals surface area contributed by atoms with Gasteiger partial charge in [-0.2, -0.15) is 13.2 Å². The molecule has 1 heterocycles. The molecule has 2 N–H and O–H groups in total. The first kappa shape index (κ1) is 16.4. The third-order valence-electron chi connectivity index (χ3n) is 3.06. The number of rotatable bonds is 4. The second-order valence-corrected chi connectivity index (χ2v) is 4.83. The molecular weight excluding hydrogens is 299 g/mol. The van der Waals surface area contributed by atoms with Crippen molar-refractivity contribution in [2.75, 3.05) is 32.9 Å². The average Bonchev–Trinajstić information content (AvgIpc) is 2.51. The van der Waals surface area contributed by atoms with Crippen LogP contribution in [0.25, 0.3) is 0 Å². The first-order chi connectivity index (χ1) is 10.4. The molecule has 0 saturated carbocycles. The lowest BCUT2D eigenvalue weighted by Gasteiger charge is -2.27. The fourth-order valence-corrected chi connectivity index (χ4v) is 1.96. The van der Waals surface area contributed by atoms with Gasteiger partial charge in [-0.25, -0.2) is 4.99 Å². The van der Waals surface area contributed by atoms with E-state index in [1.807, 2.05) is 4.90 Å². The van der Waals surface area contributed by atoms with Crippen molar-refractivity contribution in [1.82, 2.24) is 4.90 Å². The van der Waals surface area contributed by atoms with Crippen molar-refractivity contribution < 1.29 is 22.6 Å². The first-order valence-electron chi connectivity index (χ1n) is 6.85. The van der Waals surface area contributed by atoms with Crippen molar-refractivity contribution in [3.8, 4) is 5.75 Å². The highest BCUT2D eigenvalue weighted by molar-refractivity contribution is 5.78. The zero-order valence-corrected chi connectivity index (χ0v) is 12.0. The van der Waals surface area contributed by atoms with Crippen LogP contribution in [-0.2, 0) is 11.3 Å². The zero-order valence-electron chi connectivity index (χ0n) is 12.0. The van der Waals surface area contributed by atoms with Crippen LogP contribution in [0.4, 0.5) is 13.2 Å². The van der Waals surface area contributed by atoms with Crippen LogP contribution >= 0.6 is 0 Å². The summed E-state index contributed by atoms with van der Waals surface area (Å²) in [6.07, 6.45) is -4.35. The van der Waals surface area contributed by atoms with E-state index in [9.17, 15) is 13.2 Å². The minimum Gasteiger partial charge on any atom is -0.484 e. The average molecular weight is 317 g/mol. The van der Waals surface area contributed by atoms with Gasteiger partial charge in [0.15, 0.2) is 12.6 Å². The SMILES string of the molecule is NC(=NCc1cccc(OCC(F)(F)F)c1)N1CCOCC1. The zero-order chi connectivity index (χ0) is 16.0. The van der Waals surface area contributed by atoms with E-state index in [-0.39, 0.29) is 12.3 Å². The quantitative estimate of drug-likeness (QED) is 0.679. The molecule has 1 aliphatic rings. The second kappa shape index (κ2) is 7.35. The van der Waals surface area contributed by atoms with Gasteiger partial charge in [-0.3, -0.25) is 0 Å². The maximum absolute atomic E-state index is 12.1. The number of hydrogen-bond donors (Lipinski definition) is 1. The van der Waals surface area contributed by atoms with Crippen molar-refractivity contribution in [2.24, 2.45) is 10.7 Å². The minimum atomic E-state index is -4.35. The number of guanidine groups is 1. The molecule has 0 radical (unpaired) electrons. The molecule has 0 unspecified atom stereocenters. The molecule has 2 rings (SSSR count). The lowest BCUT2D eigenvalue weighted by molar-refractivity contribution is -0.153. The standard InChI is InChI=1S/C14H18F3N3O2/c15-14(16,17)10-22-12-3-1-2-11(8-12)9-19-13(18)20-4-6-21-7-5-20/h1-3,8H,4-7,9-10H2,(H2,18,19). The first-order valence-corrected chi connectivity index (χ1v) is 6.85. The summed E-state index contributed by atoms with van der Waals surface area (Å²) in [5.41, 5.74) is 6.62. The van der Waals surface area contributed by atoms with E-state index in [0.29, 0.717) is 32.3 Å². The van der Waals surface area contributed by atoms with Crippen LogP contribution in [0.15, 0.2) is 29.3 Å². The Kier molecular flexibility index (Phi) is 5.48. The number of benzene rings is 1. The Labute approximate surface area is 126 Å². The summed E-state index contributed by atoms with van der Waals surface area (Å²) in [6.45, 7) is 1.56. The Morgan fingerprint density at radius 2 is 2.05 bits per heavy atom. The number of nitrogens with zero attached hydrogens (tertiary/aromatic N) is 2. The van der Waals surface area contributed by atoms with E-state index >= 15 is 0 Å². The van der Waals surface area contributed by atoms with Crippen LogP contribution in [0, 0.1) is 0 Å². The molecule has 1 saturated heterocycles. The van der Waals surface area contributed by atoms with Gasteiger partial charge in [-0.1, -0.05) is 12.1 Å². The van der Waals surface area contributed by atoms with E-state index in [1.165, 1.54) is 12.1 Å². The molecule has 1 aromatic rings. The molecule has 1 aromatic carbocycles. The molecule has 0 atom stereocenters. The Morgan fingerprint density at radius 3 is 2.73 bits per heavy atom. The molecular formula is C14H18F3N3O2. The molecule has 8 heteroatoms. The van der Waals surface area contributed by atoms with Gasteiger partial charge in [0.2, 0.25) is 0 Å². The van der Waals surface area contributed by atoms with Crippen LogP contribution in [0.1, 0.15) is 5.56 Å². The van der Waals surface area contributed by atoms with E-state index in [4.69, 9.17) is 15.2 Å². The summed E-state index contributed by atoms with van der Waals surface area (Å²) < 4.78 is 46.3. The maximum atomic E-state index is 12.1. The summed E-state index contributed by atoms with van der Waals surface area (Å²) in [5.74, 6) is 0.569. The smallest absolute Gasteiger partial charge is 0.422 e. The lowest BCUT2D eigenvalue weighted by atomic mass is 10.2. The Morgan fingerprint density at radius 1 is 1.32 bits per heavy atom. The molecule has 1 aliphatic heterocycles. The van der Waals surface area contributed by atoms with Crippen molar-refractivity contribution in [3.05, 3.63) is 29.8 Å². The Balaban J connectivity index is 1.92. The number of ether oxygens (including phenoxy) is 2. The van der Waals surface area contributed by atoms with Crippen LogP contribution in [0.3, 0.4) is 0 Å². The fourth-order valence-electron chi connectivity index (χ4n) is 1.96. The van der Waals surface area contributed by atoms with Gasteiger partial charge in [0, 0.05) is 13.1 Å². The summed E-state index contributed by atoms with van der Waals surface area (Å²) in [7, 11) is 0. The molecule has 0 aromatic heterocycles. The highest BCUT2D eigenvalue weighted by Gasteiger charge is 2.28. The molecule has 0 aliphatic carbocycles. The fraction of sp³-hybridized carbons (Fsp3) is 0.500. The van der Waals surface area contributed by atoms with Gasteiger partial charge < -0.3 is 20.1 Å². The molecule has 1 fully saturated rings. The topological polar surface area (TPSA) is 60.1 Å². The minimum absolute atomic E-state index is 0.162. The monoisotopic (exact) mass is 317 g/mol. The summed E-state index contributed by atoms with van der Waals surface area (Å²) in [6, 6.07) is 6.39. The molecule has 0 amide bonds. The van der Waals surface area contributed by atoms with Gasteiger partial charge in [0.25, 0.3) is 0 Å². The molecule has 122 valence electrons. The van der Waals surface area contributed by atoms with E-state index in [0.717, 1.165) is 5.56 Å². The van der Waals surface area contributed by atoms with Crippen molar-refractivity contribution in [3.63, 3.8) is 0 Å². The number of alkyl halides is 3. The predicted molar refractivity (Wildman–Crippen MR) is 75.7 cm³/mol. The highest BCUT2D eigenvalue weighted by atomic mass is 19.4. The van der Waals surface area contributed by atoms with Crippen LogP contribution in [-0.4, -0.2) is 49.9 Å². The van der Waals surface area contributed by atoms with E-state index in [2.05, 4.69) is 4.99 Å². The molecule has 0 bridgehead atoms. The van der Waals surface area contributed by atoms with E-state index < -0.39 is 12.8 Å². The van der Waals surface area contributed by atoms with Gasteiger partial charge >= 0.3 is 6.18 Å². The van der Waals surface area contributed by atoms with Crippen LogP contribution in [0.5, 0.6) is 5.75 Å². The van der Waals surface area contributed by atoms with Gasteiger partial charge in [-0.15, -0.1) is 0 Å². The highest BCUT2D eigenvalue weighted by Crippen LogP contribution is 2.19. The number of nitrogens with two attached hydrogens (primary N) is 1. The Bertz CT molecular complexity index is 514. The summed E-state index contributed by atoms with van der Waals surface area (Å²) in [5, 5.41) is 0. The van der Waals surface area contributed by atoms with Crippen molar-refractivity contribution in [1.29, 1.82) is 0 Å². The third kappa shape index (κ3) is 5.44. The lowest BCUT2D eigenvalue weighted by Crippen LogP contribution is -2.44. The van der Waals surface area contributed by atoms with Gasteiger partial charge in [-0.05, 0) is 17.7 Å². The third-order valence-corrected chi connectivity index (χ3v) is 3.06. The summed E-state index contributed by atoms with van der Waals surface area (Å²) >= 11 is 0. The Hall–Kier alpha value is -1.96. The van der Waals surface area contributed by atoms with Crippen molar-refractivity contribution >= 4 is 5.96 Å². The normalized spacial score (nSPS) is 16.7. The number of morpholine rings is 1. The predicted octanol–water partition coefficient (Wildman–Crippen LogP) is 1.77. The number of aliphatic imine (C=N–C) groups is 1. The molecule has 5 nitrogen and oxygen atoms in total. The number of hydrogen-bond acceptors (Lipinski definition) is 3. The van der Waals surface area contributed by atoms with Gasteiger partial charge in [0.1, 0.15) is 5.75 Å².